The third-order valence-corrected chi connectivity index (χ3v) is 2.16. The maximum atomic E-state index is 9.22. The largest absolute Gasteiger partial charge is 0.491 e. The molecule has 1 aromatic rings. The molecule has 15 heavy (non-hydrogen) atoms. The van der Waals surface area contributed by atoms with Crippen LogP contribution in [0, 0.1) is 13.8 Å². The Morgan fingerprint density at radius 3 is 2.60 bits per heavy atom. The van der Waals surface area contributed by atoms with Crippen molar-refractivity contribution in [1.29, 1.82) is 0 Å². The van der Waals surface area contributed by atoms with Crippen molar-refractivity contribution < 1.29 is 9.84 Å². The maximum Gasteiger partial charge on any atom is 0.127 e. The lowest BCUT2D eigenvalue weighted by Gasteiger charge is -2.15. The molecule has 3 heteroatoms. The topological polar surface area (TPSA) is 55.5 Å². The fraction of sp³-hybridized carbons (Fsp3) is 0.500. The van der Waals surface area contributed by atoms with Gasteiger partial charge in [-0.25, -0.2) is 0 Å². The summed E-state index contributed by atoms with van der Waals surface area (Å²) in [5, 5.41) is 9.22. The molecule has 1 atom stereocenters. The summed E-state index contributed by atoms with van der Waals surface area (Å²) in [5.74, 6) is 0.764. The van der Waals surface area contributed by atoms with E-state index in [-0.39, 0.29) is 12.6 Å². The molecule has 3 nitrogen and oxygen atoms in total. The van der Waals surface area contributed by atoms with Gasteiger partial charge in [0.1, 0.15) is 12.4 Å². The lowest BCUT2D eigenvalue weighted by molar-refractivity contribution is 0.256. The second kappa shape index (κ2) is 5.14. The van der Waals surface area contributed by atoms with E-state index >= 15 is 0 Å². The molecule has 0 aliphatic heterocycles. The van der Waals surface area contributed by atoms with Crippen molar-refractivity contribution >= 4 is 0 Å². The smallest absolute Gasteiger partial charge is 0.127 e. The van der Waals surface area contributed by atoms with Crippen molar-refractivity contribution in [3.8, 4) is 5.75 Å². The van der Waals surface area contributed by atoms with Gasteiger partial charge in [-0.1, -0.05) is 17.7 Å². The predicted octanol–water partition coefficient (Wildman–Crippen LogP) is 1.52. The summed E-state index contributed by atoms with van der Waals surface area (Å²) in [6, 6.07) is 3.97. The predicted molar refractivity (Wildman–Crippen MR) is 61.0 cm³/mol. The van der Waals surface area contributed by atoms with E-state index in [2.05, 4.69) is 0 Å². The molecule has 1 rings (SSSR count). The summed E-state index contributed by atoms with van der Waals surface area (Å²) in [7, 11) is 0. The first kappa shape index (κ1) is 12.0. The molecule has 0 saturated heterocycles. The Morgan fingerprint density at radius 2 is 2.07 bits per heavy atom. The Labute approximate surface area is 90.9 Å². The Balaban J connectivity index is 2.93. The molecule has 0 spiro atoms. The summed E-state index contributed by atoms with van der Waals surface area (Å²) in [6.07, 6.45) is 0. The third-order valence-electron chi connectivity index (χ3n) is 2.16. The van der Waals surface area contributed by atoms with Crippen molar-refractivity contribution in [2.24, 2.45) is 5.73 Å². The van der Waals surface area contributed by atoms with E-state index in [1.165, 1.54) is 0 Å². The van der Waals surface area contributed by atoms with E-state index < -0.39 is 0 Å². The molecule has 0 aromatic heterocycles. The van der Waals surface area contributed by atoms with Crippen LogP contribution < -0.4 is 10.5 Å². The van der Waals surface area contributed by atoms with E-state index in [9.17, 15) is 5.11 Å². The lowest BCUT2D eigenvalue weighted by atomic mass is 10.1. The Bertz CT molecular complexity index is 335. The lowest BCUT2D eigenvalue weighted by Crippen LogP contribution is -2.24. The average Bonchev–Trinajstić information content (AvgIpc) is 2.14. The van der Waals surface area contributed by atoms with Gasteiger partial charge in [-0.15, -0.1) is 0 Å². The first-order valence-electron chi connectivity index (χ1n) is 5.14. The van der Waals surface area contributed by atoms with Crippen LogP contribution >= 0.6 is 0 Å². The van der Waals surface area contributed by atoms with E-state index in [0.29, 0.717) is 6.61 Å². The minimum Gasteiger partial charge on any atom is -0.491 e. The number of nitrogens with two attached hydrogens (primary N) is 1. The molecule has 0 radical (unpaired) electrons. The van der Waals surface area contributed by atoms with Gasteiger partial charge < -0.3 is 15.6 Å². The van der Waals surface area contributed by atoms with Crippen LogP contribution in [-0.4, -0.2) is 17.8 Å². The molecule has 0 bridgehead atoms. The third kappa shape index (κ3) is 3.22. The Morgan fingerprint density at radius 1 is 1.40 bits per heavy atom. The van der Waals surface area contributed by atoms with Gasteiger partial charge in [0.15, 0.2) is 0 Å². The van der Waals surface area contributed by atoms with Gasteiger partial charge in [-0.05, 0) is 26.3 Å². The van der Waals surface area contributed by atoms with Crippen LogP contribution in [0.5, 0.6) is 5.75 Å². The van der Waals surface area contributed by atoms with Crippen molar-refractivity contribution in [3.05, 3.63) is 28.8 Å². The fourth-order valence-electron chi connectivity index (χ4n) is 1.58. The normalized spacial score (nSPS) is 12.6. The quantitative estimate of drug-likeness (QED) is 0.790. The molecule has 1 aromatic carbocycles. The van der Waals surface area contributed by atoms with Crippen LogP contribution in [0.3, 0.4) is 0 Å². The van der Waals surface area contributed by atoms with E-state index in [0.717, 1.165) is 22.4 Å². The van der Waals surface area contributed by atoms with Gasteiger partial charge >= 0.3 is 0 Å². The summed E-state index contributed by atoms with van der Waals surface area (Å²) in [5.41, 5.74) is 8.62. The molecular weight excluding hydrogens is 190 g/mol. The first-order valence-corrected chi connectivity index (χ1v) is 5.14. The summed E-state index contributed by atoms with van der Waals surface area (Å²) in [4.78, 5) is 0. The fourth-order valence-corrected chi connectivity index (χ4v) is 1.58. The highest BCUT2D eigenvalue weighted by atomic mass is 16.5. The van der Waals surface area contributed by atoms with Gasteiger partial charge in [0.05, 0.1) is 6.61 Å². The molecule has 0 heterocycles. The number of hydrogen-bond donors (Lipinski definition) is 2. The van der Waals surface area contributed by atoms with Crippen molar-refractivity contribution in [2.45, 2.75) is 33.4 Å². The standard InChI is InChI=1S/C12H19NO2/c1-8-4-9(2)12(11(5-8)6-14)15-7-10(3)13/h4-5,10,14H,6-7,13H2,1-3H3. The van der Waals surface area contributed by atoms with Crippen LogP contribution in [0.15, 0.2) is 12.1 Å². The van der Waals surface area contributed by atoms with Crippen molar-refractivity contribution in [3.63, 3.8) is 0 Å². The zero-order valence-corrected chi connectivity index (χ0v) is 9.58. The average molecular weight is 209 g/mol. The molecule has 0 amide bonds. The minimum atomic E-state index is -0.00317. The summed E-state index contributed by atoms with van der Waals surface area (Å²) in [6.45, 7) is 6.33. The second-order valence-corrected chi connectivity index (χ2v) is 4.02. The van der Waals surface area contributed by atoms with E-state index in [4.69, 9.17) is 10.5 Å². The molecule has 0 aliphatic carbocycles. The first-order chi connectivity index (χ1) is 7.04. The van der Waals surface area contributed by atoms with Crippen LogP contribution in [-0.2, 0) is 6.61 Å². The zero-order valence-electron chi connectivity index (χ0n) is 9.58. The van der Waals surface area contributed by atoms with Gasteiger partial charge in [0.2, 0.25) is 0 Å². The monoisotopic (exact) mass is 209 g/mol. The second-order valence-electron chi connectivity index (χ2n) is 4.02. The van der Waals surface area contributed by atoms with Gasteiger partial charge in [0, 0.05) is 11.6 Å². The van der Waals surface area contributed by atoms with Gasteiger partial charge in [-0.3, -0.25) is 0 Å². The maximum absolute atomic E-state index is 9.22. The summed E-state index contributed by atoms with van der Waals surface area (Å²) < 4.78 is 5.59. The summed E-state index contributed by atoms with van der Waals surface area (Å²) >= 11 is 0. The van der Waals surface area contributed by atoms with Crippen LogP contribution in [0.4, 0.5) is 0 Å². The number of aliphatic hydroxyl groups is 1. The Hall–Kier alpha value is -1.06. The number of aliphatic hydroxyl groups excluding tert-OH is 1. The SMILES string of the molecule is Cc1cc(C)c(OCC(C)N)c(CO)c1. The highest BCUT2D eigenvalue weighted by Gasteiger charge is 2.08. The molecular formula is C12H19NO2. The van der Waals surface area contributed by atoms with Gasteiger partial charge in [0.25, 0.3) is 0 Å². The molecule has 84 valence electrons. The van der Waals surface area contributed by atoms with Gasteiger partial charge in [-0.2, -0.15) is 0 Å². The number of aryl methyl sites for hydroxylation is 2. The number of rotatable bonds is 4. The molecule has 0 saturated carbocycles. The van der Waals surface area contributed by atoms with Crippen LogP contribution in [0.25, 0.3) is 0 Å². The Kier molecular flexibility index (Phi) is 4.12. The number of ether oxygens (including phenoxy) is 1. The van der Waals surface area contributed by atoms with E-state index in [1.54, 1.807) is 0 Å². The minimum absolute atomic E-state index is 0.00255. The molecule has 1 unspecified atom stereocenters. The molecule has 3 N–H and O–H groups in total. The van der Waals surface area contributed by atoms with Crippen molar-refractivity contribution in [2.75, 3.05) is 6.61 Å². The zero-order chi connectivity index (χ0) is 11.4. The molecule has 0 aliphatic rings. The highest BCUT2D eigenvalue weighted by molar-refractivity contribution is 5.43. The van der Waals surface area contributed by atoms with Crippen LogP contribution in [0.2, 0.25) is 0 Å². The van der Waals surface area contributed by atoms with Crippen LogP contribution in [0.1, 0.15) is 23.6 Å². The van der Waals surface area contributed by atoms with E-state index in [1.807, 2.05) is 32.9 Å². The molecule has 0 fully saturated rings. The highest BCUT2D eigenvalue weighted by Crippen LogP contribution is 2.25. The van der Waals surface area contributed by atoms with Crippen molar-refractivity contribution in [1.82, 2.24) is 0 Å². The number of benzene rings is 1. The number of hydrogen-bond acceptors (Lipinski definition) is 3.